The molecule has 1 saturated carbocycles. The number of hydrogen-bond donors (Lipinski definition) is 2. The first-order chi connectivity index (χ1) is 15.6. The van der Waals surface area contributed by atoms with Crippen LogP contribution in [0.1, 0.15) is 42.9 Å². The molecule has 0 spiro atoms. The van der Waals surface area contributed by atoms with Gasteiger partial charge in [-0.1, -0.05) is 60.7 Å². The Bertz CT molecular complexity index is 1100. The van der Waals surface area contributed by atoms with Crippen LogP contribution >= 0.6 is 0 Å². The van der Waals surface area contributed by atoms with Gasteiger partial charge in [-0.25, -0.2) is 0 Å². The maximum absolute atomic E-state index is 12.4. The Morgan fingerprint density at radius 1 is 0.938 bits per heavy atom. The highest BCUT2D eigenvalue weighted by atomic mass is 16.5. The SMILES string of the molecule is CCOc1cc(OCC)c2c(c1)OC1(c3ccccc3)C(c3ccccc3)CC(O)C21O. The summed E-state index contributed by atoms with van der Waals surface area (Å²) in [5.74, 6) is 1.28. The lowest BCUT2D eigenvalue weighted by Gasteiger charge is -2.40. The van der Waals surface area contributed by atoms with E-state index in [4.69, 9.17) is 14.2 Å². The van der Waals surface area contributed by atoms with Gasteiger partial charge in [0.2, 0.25) is 0 Å². The maximum Gasteiger partial charge on any atom is 0.176 e. The third-order valence-corrected chi connectivity index (χ3v) is 6.71. The lowest BCUT2D eigenvalue weighted by Crippen LogP contribution is -2.52. The van der Waals surface area contributed by atoms with Crippen LogP contribution in [0.4, 0.5) is 0 Å². The molecule has 2 N–H and O–H groups in total. The van der Waals surface area contributed by atoms with Crippen molar-refractivity contribution in [1.82, 2.24) is 0 Å². The zero-order valence-electron chi connectivity index (χ0n) is 18.3. The van der Waals surface area contributed by atoms with Crippen molar-refractivity contribution in [1.29, 1.82) is 0 Å². The summed E-state index contributed by atoms with van der Waals surface area (Å²) in [6.07, 6.45) is -0.695. The third-order valence-electron chi connectivity index (χ3n) is 6.71. The lowest BCUT2D eigenvalue weighted by molar-refractivity contribution is -0.150. The van der Waals surface area contributed by atoms with Crippen LogP contribution in [0.5, 0.6) is 17.2 Å². The normalized spacial score (nSPS) is 28.0. The smallest absolute Gasteiger partial charge is 0.176 e. The molecule has 32 heavy (non-hydrogen) atoms. The van der Waals surface area contributed by atoms with Crippen LogP contribution in [-0.4, -0.2) is 29.5 Å². The molecular formula is C27H28O5. The average Bonchev–Trinajstić information content (AvgIpc) is 3.21. The fourth-order valence-corrected chi connectivity index (χ4v) is 5.51. The maximum atomic E-state index is 12.4. The molecule has 4 unspecified atom stereocenters. The number of aliphatic hydroxyl groups is 2. The summed E-state index contributed by atoms with van der Waals surface area (Å²) in [7, 11) is 0. The zero-order chi connectivity index (χ0) is 22.3. The van der Waals surface area contributed by atoms with Gasteiger partial charge in [0.05, 0.1) is 24.9 Å². The van der Waals surface area contributed by atoms with E-state index in [1.807, 2.05) is 74.5 Å². The van der Waals surface area contributed by atoms with Gasteiger partial charge in [-0.05, 0) is 31.4 Å². The molecule has 166 valence electrons. The molecule has 0 amide bonds. The van der Waals surface area contributed by atoms with Crippen LogP contribution in [0.2, 0.25) is 0 Å². The second-order valence-electron chi connectivity index (χ2n) is 8.35. The van der Waals surface area contributed by atoms with Gasteiger partial charge in [-0.15, -0.1) is 0 Å². The molecule has 1 fully saturated rings. The minimum atomic E-state index is -1.69. The molecule has 5 rings (SSSR count). The largest absolute Gasteiger partial charge is 0.494 e. The van der Waals surface area contributed by atoms with Crippen LogP contribution in [0.15, 0.2) is 72.8 Å². The van der Waals surface area contributed by atoms with Gasteiger partial charge in [0.25, 0.3) is 0 Å². The Labute approximate surface area is 188 Å². The molecule has 1 heterocycles. The molecule has 3 aromatic rings. The highest BCUT2D eigenvalue weighted by Crippen LogP contribution is 2.68. The van der Waals surface area contributed by atoms with Crippen LogP contribution in [-0.2, 0) is 11.2 Å². The quantitative estimate of drug-likeness (QED) is 0.600. The van der Waals surface area contributed by atoms with Crippen LogP contribution < -0.4 is 14.2 Å². The van der Waals surface area contributed by atoms with Crippen molar-refractivity contribution in [3.8, 4) is 17.2 Å². The van der Waals surface area contributed by atoms with E-state index in [-0.39, 0.29) is 5.92 Å². The van der Waals surface area contributed by atoms with Crippen LogP contribution in [0, 0.1) is 0 Å². The minimum absolute atomic E-state index is 0.275. The molecule has 0 bridgehead atoms. The summed E-state index contributed by atoms with van der Waals surface area (Å²) in [4.78, 5) is 0. The number of fused-ring (bicyclic) bond motifs is 3. The first kappa shape index (κ1) is 20.9. The molecule has 5 heteroatoms. The Morgan fingerprint density at radius 3 is 2.25 bits per heavy atom. The predicted octanol–water partition coefficient (Wildman–Crippen LogP) is 4.51. The van der Waals surface area contributed by atoms with Crippen molar-refractivity contribution in [3.63, 3.8) is 0 Å². The second-order valence-corrected chi connectivity index (χ2v) is 8.35. The van der Waals surface area contributed by atoms with Gasteiger partial charge >= 0.3 is 0 Å². The van der Waals surface area contributed by atoms with E-state index in [1.54, 1.807) is 12.1 Å². The molecule has 5 nitrogen and oxygen atoms in total. The Morgan fingerprint density at radius 2 is 1.59 bits per heavy atom. The molecule has 1 aliphatic heterocycles. The van der Waals surface area contributed by atoms with E-state index in [9.17, 15) is 10.2 Å². The summed E-state index contributed by atoms with van der Waals surface area (Å²) >= 11 is 0. The average molecular weight is 433 g/mol. The Balaban J connectivity index is 1.79. The highest BCUT2D eigenvalue weighted by Gasteiger charge is 2.73. The Hall–Kier alpha value is -3.02. The van der Waals surface area contributed by atoms with Crippen molar-refractivity contribution in [2.75, 3.05) is 13.2 Å². The summed E-state index contributed by atoms with van der Waals surface area (Å²) < 4.78 is 18.4. The van der Waals surface area contributed by atoms with E-state index in [2.05, 4.69) is 0 Å². The van der Waals surface area contributed by atoms with Gasteiger partial charge in [0.1, 0.15) is 17.2 Å². The second kappa shape index (κ2) is 7.84. The first-order valence-electron chi connectivity index (χ1n) is 11.2. The standard InChI is InChI=1S/C27H28O5/c1-3-30-20-15-22(31-4-2)25-23(16-20)32-27(19-13-9-6-10-14-19)21(17-24(28)26(25,27)29)18-11-7-5-8-12-18/h5-16,21,24,28-29H,3-4,17H2,1-2H3. The fourth-order valence-electron chi connectivity index (χ4n) is 5.51. The molecular weight excluding hydrogens is 404 g/mol. The van der Waals surface area contributed by atoms with Crippen LogP contribution in [0.3, 0.4) is 0 Å². The summed E-state index contributed by atoms with van der Waals surface area (Å²) in [5, 5.41) is 23.8. The molecule has 0 radical (unpaired) electrons. The van der Waals surface area contributed by atoms with E-state index >= 15 is 0 Å². The van der Waals surface area contributed by atoms with Crippen molar-refractivity contribution in [2.24, 2.45) is 0 Å². The molecule has 1 aliphatic carbocycles. The number of benzene rings is 3. The topological polar surface area (TPSA) is 68.2 Å². The number of ether oxygens (including phenoxy) is 3. The number of aliphatic hydroxyl groups excluding tert-OH is 1. The van der Waals surface area contributed by atoms with Crippen molar-refractivity contribution in [2.45, 2.75) is 43.5 Å². The molecule has 0 aromatic heterocycles. The van der Waals surface area contributed by atoms with Gasteiger partial charge in [-0.3, -0.25) is 0 Å². The lowest BCUT2D eigenvalue weighted by atomic mass is 9.71. The highest BCUT2D eigenvalue weighted by molar-refractivity contribution is 5.62. The minimum Gasteiger partial charge on any atom is -0.494 e. The van der Waals surface area contributed by atoms with Crippen LogP contribution in [0.25, 0.3) is 0 Å². The van der Waals surface area contributed by atoms with E-state index < -0.39 is 17.3 Å². The predicted molar refractivity (Wildman–Crippen MR) is 121 cm³/mol. The van der Waals surface area contributed by atoms with Crippen molar-refractivity contribution < 1.29 is 24.4 Å². The molecule has 4 atom stereocenters. The summed E-state index contributed by atoms with van der Waals surface area (Å²) in [6.45, 7) is 4.71. The molecule has 3 aromatic carbocycles. The number of rotatable bonds is 6. The Kier molecular flexibility index (Phi) is 5.11. The van der Waals surface area contributed by atoms with Gasteiger partial charge in [0, 0.05) is 18.1 Å². The third kappa shape index (κ3) is 2.78. The zero-order valence-corrected chi connectivity index (χ0v) is 18.3. The first-order valence-corrected chi connectivity index (χ1v) is 11.2. The monoisotopic (exact) mass is 432 g/mol. The van der Waals surface area contributed by atoms with E-state index in [1.165, 1.54) is 0 Å². The summed E-state index contributed by atoms with van der Waals surface area (Å²) in [5.41, 5.74) is -0.614. The van der Waals surface area contributed by atoms with Crippen molar-refractivity contribution >= 4 is 0 Å². The van der Waals surface area contributed by atoms with Crippen molar-refractivity contribution in [3.05, 3.63) is 89.5 Å². The fraction of sp³-hybridized carbons (Fsp3) is 0.333. The van der Waals surface area contributed by atoms with Gasteiger partial charge < -0.3 is 24.4 Å². The van der Waals surface area contributed by atoms with Gasteiger partial charge in [0.15, 0.2) is 11.2 Å². The van der Waals surface area contributed by atoms with E-state index in [0.717, 1.165) is 11.1 Å². The molecule has 2 aliphatic rings. The summed E-state index contributed by atoms with van der Waals surface area (Å²) in [6, 6.07) is 23.2. The van der Waals surface area contributed by atoms with Gasteiger partial charge in [-0.2, -0.15) is 0 Å². The molecule has 0 saturated heterocycles. The van der Waals surface area contributed by atoms with E-state index in [0.29, 0.717) is 42.4 Å². The number of hydrogen-bond acceptors (Lipinski definition) is 5.